The minimum absolute atomic E-state index is 0.476. The molecule has 0 bridgehead atoms. The van der Waals surface area contributed by atoms with Crippen molar-refractivity contribution in [2.75, 3.05) is 11.9 Å². The van der Waals surface area contributed by atoms with Gasteiger partial charge in [0.25, 0.3) is 0 Å². The quantitative estimate of drug-likeness (QED) is 0.906. The Kier molecular flexibility index (Phi) is 3.30. The second-order valence-corrected chi connectivity index (χ2v) is 6.16. The summed E-state index contributed by atoms with van der Waals surface area (Å²) >= 11 is 0. The zero-order chi connectivity index (χ0) is 14.1. The first-order chi connectivity index (χ1) is 10.4. The smallest absolute Gasteiger partial charge is 0.119 e. The molecule has 0 saturated heterocycles. The highest BCUT2D eigenvalue weighted by Gasteiger charge is 2.23. The fourth-order valence-electron chi connectivity index (χ4n) is 2.94. The minimum atomic E-state index is 0.476. The molecule has 0 aromatic heterocycles. The maximum absolute atomic E-state index is 5.80. The van der Waals surface area contributed by atoms with Crippen LogP contribution in [0.3, 0.4) is 0 Å². The number of aryl methyl sites for hydroxylation is 1. The molecule has 0 unspecified atom stereocenters. The molecule has 0 spiro atoms. The van der Waals surface area contributed by atoms with Gasteiger partial charge in [-0.3, -0.25) is 0 Å². The molecule has 2 aliphatic rings. The van der Waals surface area contributed by atoms with E-state index in [-0.39, 0.29) is 0 Å². The van der Waals surface area contributed by atoms with E-state index in [9.17, 15) is 0 Å². The highest BCUT2D eigenvalue weighted by Crippen LogP contribution is 2.27. The lowest BCUT2D eigenvalue weighted by Crippen LogP contribution is -2.11. The van der Waals surface area contributed by atoms with E-state index in [0.29, 0.717) is 6.10 Å². The Morgan fingerprint density at radius 3 is 2.62 bits per heavy atom. The molecule has 2 nitrogen and oxygen atoms in total. The molecule has 4 rings (SSSR count). The zero-order valence-electron chi connectivity index (χ0n) is 12.3. The van der Waals surface area contributed by atoms with Crippen molar-refractivity contribution in [3.8, 4) is 5.75 Å². The van der Waals surface area contributed by atoms with E-state index in [2.05, 4.69) is 47.8 Å². The van der Waals surface area contributed by atoms with Gasteiger partial charge < -0.3 is 10.1 Å². The molecule has 2 aromatic carbocycles. The molecule has 1 fully saturated rings. The van der Waals surface area contributed by atoms with Gasteiger partial charge in [-0.25, -0.2) is 0 Å². The van der Waals surface area contributed by atoms with Crippen molar-refractivity contribution < 1.29 is 4.74 Å². The van der Waals surface area contributed by atoms with E-state index < -0.39 is 0 Å². The molecule has 2 heteroatoms. The van der Waals surface area contributed by atoms with Gasteiger partial charge in [-0.1, -0.05) is 24.3 Å². The monoisotopic (exact) mass is 279 g/mol. The Balaban J connectivity index is 1.47. The molecule has 0 radical (unpaired) electrons. The van der Waals surface area contributed by atoms with Gasteiger partial charge in [0.2, 0.25) is 0 Å². The van der Waals surface area contributed by atoms with Crippen LogP contribution in [0.2, 0.25) is 0 Å². The maximum Gasteiger partial charge on any atom is 0.119 e. The second kappa shape index (κ2) is 5.44. The normalized spacial score (nSPS) is 17.0. The molecule has 1 heterocycles. The molecule has 21 heavy (non-hydrogen) atoms. The van der Waals surface area contributed by atoms with Crippen LogP contribution >= 0.6 is 0 Å². The molecular weight excluding hydrogens is 258 g/mol. The fourth-order valence-corrected chi connectivity index (χ4v) is 2.94. The van der Waals surface area contributed by atoms with Crippen LogP contribution in [0.15, 0.2) is 42.5 Å². The molecule has 108 valence electrons. The summed E-state index contributed by atoms with van der Waals surface area (Å²) in [6.45, 7) is 1.11. The van der Waals surface area contributed by atoms with Gasteiger partial charge in [-0.05, 0) is 67.0 Å². The summed E-state index contributed by atoms with van der Waals surface area (Å²) in [5.74, 6) is 1.01. The van der Waals surface area contributed by atoms with Gasteiger partial charge in [0.15, 0.2) is 0 Å². The van der Waals surface area contributed by atoms with Crippen LogP contribution in [0.1, 0.15) is 36.0 Å². The van der Waals surface area contributed by atoms with Crippen LogP contribution in [0.25, 0.3) is 0 Å². The molecule has 2 aromatic rings. The third-order valence-electron chi connectivity index (χ3n) is 4.27. The van der Waals surface area contributed by atoms with Crippen molar-refractivity contribution in [3.63, 3.8) is 0 Å². The van der Waals surface area contributed by atoms with E-state index in [4.69, 9.17) is 4.74 Å². The van der Waals surface area contributed by atoms with E-state index in [1.54, 1.807) is 0 Å². The van der Waals surface area contributed by atoms with Gasteiger partial charge in [-0.15, -0.1) is 0 Å². The van der Waals surface area contributed by atoms with E-state index in [1.807, 2.05) is 0 Å². The topological polar surface area (TPSA) is 21.3 Å². The Morgan fingerprint density at radius 2 is 1.81 bits per heavy atom. The summed E-state index contributed by atoms with van der Waals surface area (Å²) < 4.78 is 5.80. The Labute approximate surface area is 126 Å². The first-order valence-electron chi connectivity index (χ1n) is 7.98. The van der Waals surface area contributed by atoms with E-state index in [1.165, 1.54) is 48.1 Å². The summed E-state index contributed by atoms with van der Waals surface area (Å²) in [5.41, 5.74) is 5.53. The lowest BCUT2D eigenvalue weighted by Gasteiger charge is -2.18. The highest BCUT2D eigenvalue weighted by atomic mass is 16.5. The third-order valence-corrected chi connectivity index (χ3v) is 4.27. The summed E-state index contributed by atoms with van der Waals surface area (Å²) in [5, 5.41) is 3.47. The van der Waals surface area contributed by atoms with Gasteiger partial charge in [-0.2, -0.15) is 0 Å². The molecule has 0 amide bonds. The van der Waals surface area contributed by atoms with Crippen molar-refractivity contribution in [2.24, 2.45) is 0 Å². The molecule has 1 N–H and O–H groups in total. The Morgan fingerprint density at radius 1 is 1.00 bits per heavy atom. The predicted molar refractivity (Wildman–Crippen MR) is 86.2 cm³/mol. The van der Waals surface area contributed by atoms with Crippen molar-refractivity contribution in [1.29, 1.82) is 0 Å². The predicted octanol–water partition coefficient (Wildman–Crippen LogP) is 4.18. The fraction of sp³-hybridized carbons (Fsp3) is 0.368. The lowest BCUT2D eigenvalue weighted by atomic mass is 9.97. The summed E-state index contributed by atoms with van der Waals surface area (Å²) in [6, 6.07) is 15.4. The molecule has 0 atom stereocenters. The van der Waals surface area contributed by atoms with Gasteiger partial charge >= 0.3 is 0 Å². The standard InChI is InChI=1S/C19H21NO/c1-2-16-13-15(5-10-19(16)20-11-1)12-14-3-6-17(7-4-14)21-18-8-9-18/h3-7,10,13,18,20H,1-2,8-9,11-12H2. The lowest BCUT2D eigenvalue weighted by molar-refractivity contribution is 0.303. The number of anilines is 1. The SMILES string of the molecule is c1cc(OC2CC2)ccc1Cc1ccc2c(c1)CCCN2. The molecule has 1 aliphatic heterocycles. The highest BCUT2D eigenvalue weighted by molar-refractivity contribution is 5.54. The van der Waals surface area contributed by atoms with Gasteiger partial charge in [0.05, 0.1) is 6.10 Å². The van der Waals surface area contributed by atoms with Crippen molar-refractivity contribution >= 4 is 5.69 Å². The van der Waals surface area contributed by atoms with Gasteiger partial charge in [0.1, 0.15) is 5.75 Å². The van der Waals surface area contributed by atoms with Crippen LogP contribution < -0.4 is 10.1 Å². The number of ether oxygens (including phenoxy) is 1. The van der Waals surface area contributed by atoms with Crippen LogP contribution in [0.5, 0.6) is 5.75 Å². The first kappa shape index (κ1) is 12.8. The van der Waals surface area contributed by atoms with Gasteiger partial charge in [0, 0.05) is 12.2 Å². The van der Waals surface area contributed by atoms with Crippen LogP contribution in [0.4, 0.5) is 5.69 Å². The summed E-state index contributed by atoms with van der Waals surface area (Å²) in [4.78, 5) is 0. The number of fused-ring (bicyclic) bond motifs is 1. The second-order valence-electron chi connectivity index (χ2n) is 6.16. The van der Waals surface area contributed by atoms with E-state index in [0.717, 1.165) is 18.7 Å². The third kappa shape index (κ3) is 3.05. The van der Waals surface area contributed by atoms with Crippen LogP contribution in [-0.4, -0.2) is 12.6 Å². The first-order valence-corrected chi connectivity index (χ1v) is 7.98. The Bertz CT molecular complexity index is 629. The summed E-state index contributed by atoms with van der Waals surface area (Å²) in [6.07, 6.45) is 6.34. The number of nitrogens with one attached hydrogen (secondary N) is 1. The van der Waals surface area contributed by atoms with Crippen molar-refractivity contribution in [1.82, 2.24) is 0 Å². The molecular formula is C19H21NO. The number of hydrogen-bond acceptors (Lipinski definition) is 2. The average molecular weight is 279 g/mol. The number of benzene rings is 2. The summed E-state index contributed by atoms with van der Waals surface area (Å²) in [7, 11) is 0. The van der Waals surface area contributed by atoms with Crippen molar-refractivity contribution in [2.45, 2.75) is 38.2 Å². The van der Waals surface area contributed by atoms with E-state index >= 15 is 0 Å². The van der Waals surface area contributed by atoms with Crippen LogP contribution in [0, 0.1) is 0 Å². The zero-order valence-corrected chi connectivity index (χ0v) is 12.3. The molecule has 1 saturated carbocycles. The van der Waals surface area contributed by atoms with Crippen LogP contribution in [-0.2, 0) is 12.8 Å². The maximum atomic E-state index is 5.80. The molecule has 1 aliphatic carbocycles. The Hall–Kier alpha value is -1.96. The van der Waals surface area contributed by atoms with Crippen molar-refractivity contribution in [3.05, 3.63) is 59.2 Å². The largest absolute Gasteiger partial charge is 0.490 e. The number of hydrogen-bond donors (Lipinski definition) is 1. The minimum Gasteiger partial charge on any atom is -0.490 e. The number of rotatable bonds is 4. The average Bonchev–Trinajstić information content (AvgIpc) is 3.33.